The summed E-state index contributed by atoms with van der Waals surface area (Å²) >= 11 is 0. The zero-order valence-electron chi connectivity index (χ0n) is 35.6. The first kappa shape index (κ1) is 42.5. The maximum Gasteiger partial charge on any atom is 0.410 e. The highest BCUT2D eigenvalue weighted by Gasteiger charge is 2.47. The molecule has 0 saturated carbocycles. The largest absolute Gasteiger partial charge is 0.465 e. The molecule has 0 spiro atoms. The van der Waals surface area contributed by atoms with Crippen molar-refractivity contribution in [3.8, 4) is 22.4 Å². The molecule has 5 heterocycles. The number of aromatic nitrogens is 4. The molecule has 0 radical (unpaired) electrons. The standard InChI is InChI=1S/C43H62N6O6Si2/c1-43(2,3)55-42(51)48-33-17-18-34(48)25-32(24-33)38-37(41(50)52-4)40(47(28-53-20-22-56(5,6)7)29-54-21-23-57(8,9)10)49-39(46-38)35(27-45-49)31-16-19-36(44-26-31)30-14-12-11-13-15-30/h11-16,19,26-27,32-34H,17-18,20-25,28-29H2,1-10H3/t32-,33-,34+. The Bertz CT molecular complexity index is 1970. The van der Waals surface area contributed by atoms with Crippen LogP contribution in [0.1, 0.15) is 68.4 Å². The van der Waals surface area contributed by atoms with Crippen molar-refractivity contribution in [3.63, 3.8) is 0 Å². The number of hydrogen-bond donors (Lipinski definition) is 0. The molecule has 3 atom stereocenters. The molecule has 2 bridgehead atoms. The Kier molecular flexibility index (Phi) is 13.0. The van der Waals surface area contributed by atoms with Crippen molar-refractivity contribution in [1.29, 1.82) is 0 Å². The van der Waals surface area contributed by atoms with Crippen molar-refractivity contribution < 1.29 is 28.5 Å². The molecule has 57 heavy (non-hydrogen) atoms. The first-order valence-corrected chi connectivity index (χ1v) is 27.8. The second-order valence-electron chi connectivity index (χ2n) is 19.0. The summed E-state index contributed by atoms with van der Waals surface area (Å²) in [6.07, 6.45) is 6.36. The second kappa shape index (κ2) is 17.4. The fraction of sp³-hybridized carbons (Fsp3) is 0.558. The number of benzene rings is 1. The topological polar surface area (TPSA) is 121 Å². The molecular weight excluding hydrogens is 753 g/mol. The van der Waals surface area contributed by atoms with E-state index in [1.54, 1.807) is 10.7 Å². The van der Waals surface area contributed by atoms with Crippen LogP contribution in [0.4, 0.5) is 10.6 Å². The Labute approximate surface area is 340 Å². The van der Waals surface area contributed by atoms with Gasteiger partial charge >= 0.3 is 12.1 Å². The van der Waals surface area contributed by atoms with E-state index >= 15 is 0 Å². The van der Waals surface area contributed by atoms with Crippen molar-refractivity contribution in [1.82, 2.24) is 24.5 Å². The number of amides is 1. The molecule has 308 valence electrons. The van der Waals surface area contributed by atoms with Crippen LogP contribution in [0, 0.1) is 0 Å². The van der Waals surface area contributed by atoms with Crippen LogP contribution in [0.25, 0.3) is 28.0 Å². The normalized spacial score (nSPS) is 18.6. The van der Waals surface area contributed by atoms with Crippen LogP contribution in [0.15, 0.2) is 54.9 Å². The summed E-state index contributed by atoms with van der Waals surface area (Å²) in [5.41, 5.74) is 4.50. The van der Waals surface area contributed by atoms with Gasteiger partial charge < -0.3 is 28.7 Å². The fourth-order valence-electron chi connectivity index (χ4n) is 7.70. The minimum atomic E-state index is -1.38. The Morgan fingerprint density at radius 2 is 1.46 bits per heavy atom. The zero-order valence-corrected chi connectivity index (χ0v) is 37.6. The molecule has 6 rings (SSSR count). The van der Waals surface area contributed by atoms with Gasteiger partial charge in [-0.2, -0.15) is 9.61 Å². The van der Waals surface area contributed by atoms with Gasteiger partial charge in [-0.3, -0.25) is 4.98 Å². The lowest BCUT2D eigenvalue weighted by atomic mass is 9.86. The summed E-state index contributed by atoms with van der Waals surface area (Å²) < 4.78 is 26.0. The highest BCUT2D eigenvalue weighted by atomic mass is 28.3. The number of carbonyl (C=O) groups is 2. The number of esters is 1. The van der Waals surface area contributed by atoms with Gasteiger partial charge in [-0.05, 0) is 64.6 Å². The number of carbonyl (C=O) groups excluding carboxylic acids is 2. The smallest absolute Gasteiger partial charge is 0.410 e. The van der Waals surface area contributed by atoms with E-state index in [1.807, 2.05) is 79.2 Å². The third-order valence-electron chi connectivity index (χ3n) is 10.7. The van der Waals surface area contributed by atoms with Crippen LogP contribution in [-0.2, 0) is 18.9 Å². The SMILES string of the molecule is COC(=O)c1c([C@@H]2C[C@H]3CC[C@@H](C2)N3C(=O)OC(C)(C)C)nc2c(-c3ccc(-c4ccccc4)nc3)cnn2c1N(COCC[Si](C)(C)C)COCC[Si](C)(C)C. The van der Waals surface area contributed by atoms with Crippen molar-refractivity contribution in [2.45, 2.75) is 121 Å². The Hall–Kier alpha value is -4.12. The van der Waals surface area contributed by atoms with Gasteiger partial charge in [-0.25, -0.2) is 14.6 Å². The minimum Gasteiger partial charge on any atom is -0.465 e. The van der Waals surface area contributed by atoms with E-state index in [0.717, 1.165) is 47.3 Å². The molecule has 12 nitrogen and oxygen atoms in total. The van der Waals surface area contributed by atoms with Crippen molar-refractivity contribution in [3.05, 3.63) is 66.1 Å². The third kappa shape index (κ3) is 10.5. The lowest BCUT2D eigenvalue weighted by Crippen LogP contribution is -2.48. The van der Waals surface area contributed by atoms with E-state index in [0.29, 0.717) is 48.8 Å². The van der Waals surface area contributed by atoms with Gasteiger partial charge in [0.15, 0.2) is 11.5 Å². The molecule has 0 N–H and O–H groups in total. The van der Waals surface area contributed by atoms with E-state index in [4.69, 9.17) is 34.0 Å². The van der Waals surface area contributed by atoms with Crippen LogP contribution in [0.2, 0.25) is 51.4 Å². The maximum atomic E-state index is 14.2. The molecule has 2 saturated heterocycles. The number of fused-ring (bicyclic) bond motifs is 3. The van der Waals surface area contributed by atoms with Gasteiger partial charge in [0.25, 0.3) is 0 Å². The number of nitrogens with zero attached hydrogens (tertiary/aromatic N) is 6. The lowest BCUT2D eigenvalue weighted by molar-refractivity contribution is 0.00554. The van der Waals surface area contributed by atoms with Crippen molar-refractivity contribution in [2.75, 3.05) is 38.7 Å². The van der Waals surface area contributed by atoms with Crippen LogP contribution in [0.5, 0.6) is 0 Å². The highest BCUT2D eigenvalue weighted by molar-refractivity contribution is 6.76. The van der Waals surface area contributed by atoms with E-state index in [2.05, 4.69) is 39.3 Å². The van der Waals surface area contributed by atoms with E-state index in [-0.39, 0.29) is 37.6 Å². The number of methoxy groups -OCH3 is 1. The van der Waals surface area contributed by atoms with Gasteiger partial charge in [0.1, 0.15) is 24.6 Å². The average molecular weight is 815 g/mol. The van der Waals surface area contributed by atoms with Gasteiger partial charge in [0.2, 0.25) is 0 Å². The first-order chi connectivity index (χ1) is 26.9. The molecule has 14 heteroatoms. The third-order valence-corrected chi connectivity index (χ3v) is 14.1. The molecular formula is C43H62N6O6Si2. The van der Waals surface area contributed by atoms with Gasteiger partial charge in [0, 0.05) is 70.3 Å². The highest BCUT2D eigenvalue weighted by Crippen LogP contribution is 2.46. The molecule has 4 aromatic rings. The van der Waals surface area contributed by atoms with Crippen LogP contribution in [0.3, 0.4) is 0 Å². The Balaban J connectivity index is 1.47. The van der Waals surface area contributed by atoms with Crippen LogP contribution in [-0.4, -0.2) is 104 Å². The molecule has 2 fully saturated rings. The predicted octanol–water partition coefficient (Wildman–Crippen LogP) is 9.32. The van der Waals surface area contributed by atoms with E-state index in [1.165, 1.54) is 7.11 Å². The number of ether oxygens (including phenoxy) is 4. The summed E-state index contributed by atoms with van der Waals surface area (Å²) in [5.74, 6) is -0.121. The molecule has 0 unspecified atom stereocenters. The van der Waals surface area contributed by atoms with E-state index < -0.39 is 27.7 Å². The molecule has 2 aliphatic rings. The van der Waals surface area contributed by atoms with Crippen molar-refractivity contribution in [2.24, 2.45) is 0 Å². The average Bonchev–Trinajstić information content (AvgIpc) is 3.69. The summed E-state index contributed by atoms with van der Waals surface area (Å²) in [6.45, 7) is 21.2. The number of rotatable bonds is 15. The lowest BCUT2D eigenvalue weighted by Gasteiger charge is -2.40. The second-order valence-corrected chi connectivity index (χ2v) is 30.2. The molecule has 1 aromatic carbocycles. The number of piperidine rings is 1. The van der Waals surface area contributed by atoms with Crippen LogP contribution < -0.4 is 4.90 Å². The van der Waals surface area contributed by atoms with Gasteiger partial charge in [0.05, 0.1) is 24.7 Å². The van der Waals surface area contributed by atoms with Gasteiger partial charge in [-0.1, -0.05) is 75.7 Å². The zero-order chi connectivity index (χ0) is 41.1. The van der Waals surface area contributed by atoms with Crippen molar-refractivity contribution >= 4 is 39.7 Å². The maximum absolute atomic E-state index is 14.2. The van der Waals surface area contributed by atoms with Gasteiger partial charge in [-0.15, -0.1) is 0 Å². The summed E-state index contributed by atoms with van der Waals surface area (Å²) in [7, 11) is -1.35. The molecule has 3 aromatic heterocycles. The Morgan fingerprint density at radius 1 is 0.842 bits per heavy atom. The monoisotopic (exact) mass is 814 g/mol. The molecule has 1 amide bonds. The molecule has 0 aliphatic carbocycles. The predicted molar refractivity (Wildman–Crippen MR) is 230 cm³/mol. The number of pyridine rings is 1. The van der Waals surface area contributed by atoms with E-state index in [9.17, 15) is 9.59 Å². The number of anilines is 1. The quantitative estimate of drug-likeness (QED) is 0.0497. The summed E-state index contributed by atoms with van der Waals surface area (Å²) in [5, 5.41) is 4.92. The molecule has 2 aliphatic heterocycles. The fourth-order valence-corrected chi connectivity index (χ4v) is 9.21. The first-order valence-electron chi connectivity index (χ1n) is 20.4. The minimum absolute atomic E-state index is 0.0411. The van der Waals surface area contributed by atoms with Crippen LogP contribution >= 0.6 is 0 Å². The summed E-state index contributed by atoms with van der Waals surface area (Å²) in [6, 6.07) is 16.0. The summed E-state index contributed by atoms with van der Waals surface area (Å²) in [4.78, 5) is 41.8. The number of hydrogen-bond acceptors (Lipinski definition) is 10. The Morgan fingerprint density at radius 3 is 1.98 bits per heavy atom.